The van der Waals surface area contributed by atoms with Crippen molar-refractivity contribution in [3.05, 3.63) is 53.3 Å². The summed E-state index contributed by atoms with van der Waals surface area (Å²) in [6, 6.07) is 11.3. The summed E-state index contributed by atoms with van der Waals surface area (Å²) in [5.41, 5.74) is 2.16. The molecule has 4 rings (SSSR count). The fourth-order valence-corrected chi connectivity index (χ4v) is 5.20. The second kappa shape index (κ2) is 10.7. The van der Waals surface area contributed by atoms with Gasteiger partial charge < -0.3 is 14.2 Å². The van der Waals surface area contributed by atoms with Crippen LogP contribution in [-0.2, 0) is 6.54 Å². The van der Waals surface area contributed by atoms with Gasteiger partial charge in [-0.2, -0.15) is 0 Å². The highest BCUT2D eigenvalue weighted by Gasteiger charge is 2.46. The summed E-state index contributed by atoms with van der Waals surface area (Å²) in [7, 11) is 7.07. The molecule has 0 spiro atoms. The van der Waals surface area contributed by atoms with Crippen molar-refractivity contribution in [3.8, 4) is 17.2 Å². The van der Waals surface area contributed by atoms with E-state index in [4.69, 9.17) is 14.2 Å². The first kappa shape index (κ1) is 25.5. The number of likely N-dealkylation sites (tertiary alicyclic amines) is 2. The van der Waals surface area contributed by atoms with Gasteiger partial charge in [-0.3, -0.25) is 9.80 Å². The minimum absolute atomic E-state index is 0. The van der Waals surface area contributed by atoms with E-state index in [1.165, 1.54) is 6.07 Å². The molecule has 2 heterocycles. The van der Waals surface area contributed by atoms with Gasteiger partial charge in [0.1, 0.15) is 5.82 Å². The van der Waals surface area contributed by atoms with Crippen LogP contribution in [0.2, 0.25) is 0 Å². The van der Waals surface area contributed by atoms with Gasteiger partial charge in [-0.05, 0) is 42.6 Å². The lowest BCUT2D eigenvalue weighted by Gasteiger charge is -2.27. The Balaban J connectivity index is 0.00000171. The van der Waals surface area contributed by atoms with Crippen molar-refractivity contribution in [2.24, 2.45) is 11.8 Å². The van der Waals surface area contributed by atoms with E-state index in [1.807, 2.05) is 24.3 Å². The smallest absolute Gasteiger partial charge is 0.203 e. The van der Waals surface area contributed by atoms with Crippen LogP contribution in [0.5, 0.6) is 17.2 Å². The Kier molecular flexibility index (Phi) is 8.83. The van der Waals surface area contributed by atoms with E-state index in [2.05, 4.69) is 16.8 Å². The molecule has 31 heavy (non-hydrogen) atoms. The molecule has 0 amide bonds. The molecule has 3 atom stereocenters. The molecule has 5 nitrogen and oxygen atoms in total. The zero-order valence-electron chi connectivity index (χ0n) is 18.3. The molecule has 2 saturated heterocycles. The molecule has 0 radical (unpaired) electrons. The van der Waals surface area contributed by atoms with Gasteiger partial charge in [0.25, 0.3) is 0 Å². The third kappa shape index (κ3) is 4.87. The van der Waals surface area contributed by atoms with E-state index in [0.29, 0.717) is 23.3 Å². The van der Waals surface area contributed by atoms with Crippen LogP contribution < -0.4 is 14.2 Å². The zero-order valence-corrected chi connectivity index (χ0v) is 20.0. The number of benzene rings is 2. The standard InChI is InChI=1S/C23H29FN2O3.2ClH/c1-25-11-17-13-26(14-19(17)21(25)15-6-5-7-18(24)10-15)12-16-8-9-20(27-2)23(29-4)22(16)28-3;;/h5-10,17,19,21H,11-14H2,1-4H3;2*1H/t17-,19+,21-;;/m0../s1. The molecule has 0 aromatic heterocycles. The Morgan fingerprint density at radius 2 is 1.68 bits per heavy atom. The molecular formula is C23H31Cl2FN2O3. The Morgan fingerprint density at radius 3 is 2.32 bits per heavy atom. The van der Waals surface area contributed by atoms with Gasteiger partial charge in [0.2, 0.25) is 5.75 Å². The van der Waals surface area contributed by atoms with Crippen molar-refractivity contribution in [1.29, 1.82) is 0 Å². The van der Waals surface area contributed by atoms with E-state index < -0.39 is 0 Å². The quantitative estimate of drug-likeness (QED) is 0.620. The maximum atomic E-state index is 13.8. The number of ether oxygens (including phenoxy) is 3. The van der Waals surface area contributed by atoms with Gasteiger partial charge in [-0.1, -0.05) is 18.2 Å². The van der Waals surface area contributed by atoms with Gasteiger partial charge in [0, 0.05) is 37.8 Å². The summed E-state index contributed by atoms with van der Waals surface area (Å²) in [6.07, 6.45) is 0. The fourth-order valence-electron chi connectivity index (χ4n) is 5.20. The maximum Gasteiger partial charge on any atom is 0.203 e. The Bertz CT molecular complexity index is 886. The molecular weight excluding hydrogens is 442 g/mol. The van der Waals surface area contributed by atoms with Gasteiger partial charge in [-0.25, -0.2) is 4.39 Å². The summed E-state index contributed by atoms with van der Waals surface area (Å²) in [5, 5.41) is 0. The number of halogens is 3. The van der Waals surface area contributed by atoms with Crippen LogP contribution in [0.1, 0.15) is 17.2 Å². The van der Waals surface area contributed by atoms with Crippen LogP contribution in [0.3, 0.4) is 0 Å². The molecule has 0 unspecified atom stereocenters. The molecule has 172 valence electrons. The van der Waals surface area contributed by atoms with Crippen LogP contribution in [0.25, 0.3) is 0 Å². The molecule has 2 aliphatic rings. The molecule has 2 fully saturated rings. The number of fused-ring (bicyclic) bond motifs is 1. The number of rotatable bonds is 6. The molecule has 2 aliphatic heterocycles. The van der Waals surface area contributed by atoms with Crippen LogP contribution in [0.15, 0.2) is 36.4 Å². The molecule has 2 aromatic carbocycles. The lowest BCUT2D eigenvalue weighted by molar-refractivity contribution is 0.222. The molecule has 2 aromatic rings. The maximum absolute atomic E-state index is 13.8. The summed E-state index contributed by atoms with van der Waals surface area (Å²) in [4.78, 5) is 4.84. The monoisotopic (exact) mass is 472 g/mol. The summed E-state index contributed by atoms with van der Waals surface area (Å²) >= 11 is 0. The number of hydrogen-bond donors (Lipinski definition) is 0. The fraction of sp³-hybridized carbons (Fsp3) is 0.478. The first-order valence-electron chi connectivity index (χ1n) is 10.0. The normalized spacial score (nSPS) is 22.9. The molecule has 8 heteroatoms. The highest BCUT2D eigenvalue weighted by molar-refractivity contribution is 5.85. The van der Waals surface area contributed by atoms with E-state index in [9.17, 15) is 4.39 Å². The highest BCUT2D eigenvalue weighted by atomic mass is 35.5. The lowest BCUT2D eigenvalue weighted by atomic mass is 9.89. The molecule has 0 aliphatic carbocycles. The van der Waals surface area contributed by atoms with Gasteiger partial charge >= 0.3 is 0 Å². The van der Waals surface area contributed by atoms with E-state index in [0.717, 1.165) is 43.1 Å². The Morgan fingerprint density at radius 1 is 0.935 bits per heavy atom. The third-order valence-corrected chi connectivity index (χ3v) is 6.34. The van der Waals surface area contributed by atoms with Crippen molar-refractivity contribution >= 4 is 24.8 Å². The van der Waals surface area contributed by atoms with Crippen LogP contribution in [0.4, 0.5) is 4.39 Å². The van der Waals surface area contributed by atoms with E-state index >= 15 is 0 Å². The molecule has 0 bridgehead atoms. The zero-order chi connectivity index (χ0) is 20.5. The predicted molar refractivity (Wildman–Crippen MR) is 125 cm³/mol. The SMILES string of the molecule is COc1ccc(CN2C[C@@H]3CN(C)[C@@H](c4cccc(F)c4)[C@@H]3C2)c(OC)c1OC.Cl.Cl. The Labute approximate surface area is 196 Å². The second-order valence-electron chi connectivity index (χ2n) is 8.05. The second-order valence-corrected chi connectivity index (χ2v) is 8.05. The average molecular weight is 473 g/mol. The minimum Gasteiger partial charge on any atom is -0.493 e. The van der Waals surface area contributed by atoms with Gasteiger partial charge in [0.05, 0.1) is 21.3 Å². The first-order chi connectivity index (χ1) is 14.0. The first-order valence-corrected chi connectivity index (χ1v) is 10.0. The van der Waals surface area contributed by atoms with Crippen LogP contribution in [0, 0.1) is 17.7 Å². The highest BCUT2D eigenvalue weighted by Crippen LogP contribution is 2.45. The summed E-state index contributed by atoms with van der Waals surface area (Å²) in [6.45, 7) is 3.83. The van der Waals surface area contributed by atoms with Crippen molar-refractivity contribution < 1.29 is 18.6 Å². The van der Waals surface area contributed by atoms with Crippen LogP contribution in [-0.4, -0.2) is 57.8 Å². The molecule has 0 N–H and O–H groups in total. The number of hydrogen-bond acceptors (Lipinski definition) is 5. The van der Waals surface area contributed by atoms with E-state index in [1.54, 1.807) is 27.4 Å². The van der Waals surface area contributed by atoms with Crippen molar-refractivity contribution in [3.63, 3.8) is 0 Å². The van der Waals surface area contributed by atoms with Gasteiger partial charge in [-0.15, -0.1) is 24.8 Å². The largest absolute Gasteiger partial charge is 0.493 e. The average Bonchev–Trinajstić information content (AvgIpc) is 3.22. The van der Waals surface area contributed by atoms with Crippen molar-refractivity contribution in [1.82, 2.24) is 9.80 Å². The number of nitrogens with zero attached hydrogens (tertiary/aromatic N) is 2. The third-order valence-electron chi connectivity index (χ3n) is 6.34. The summed E-state index contributed by atoms with van der Waals surface area (Å²) in [5.74, 6) is 2.93. The topological polar surface area (TPSA) is 34.2 Å². The summed E-state index contributed by atoms with van der Waals surface area (Å²) < 4.78 is 30.4. The predicted octanol–water partition coefficient (Wildman–Crippen LogP) is 4.43. The van der Waals surface area contributed by atoms with Crippen molar-refractivity contribution in [2.45, 2.75) is 12.6 Å². The lowest BCUT2D eigenvalue weighted by Crippen LogP contribution is -2.29. The van der Waals surface area contributed by atoms with Gasteiger partial charge in [0.15, 0.2) is 11.5 Å². The number of methoxy groups -OCH3 is 3. The Hall–Kier alpha value is -1.73. The minimum atomic E-state index is -0.163. The van der Waals surface area contributed by atoms with Crippen molar-refractivity contribution in [2.75, 3.05) is 48.0 Å². The van der Waals surface area contributed by atoms with Crippen LogP contribution >= 0.6 is 24.8 Å². The molecule has 0 saturated carbocycles. The van der Waals surface area contributed by atoms with E-state index in [-0.39, 0.29) is 36.7 Å².